The molecule has 2 rings (SSSR count). The summed E-state index contributed by atoms with van der Waals surface area (Å²) < 4.78 is 0.994. The highest BCUT2D eigenvalue weighted by Gasteiger charge is 2.24. The third kappa shape index (κ3) is 3.91. The van der Waals surface area contributed by atoms with Crippen molar-refractivity contribution in [3.8, 4) is 0 Å². The molecule has 0 spiro atoms. The minimum absolute atomic E-state index is 0.0151. The molecule has 1 N–H and O–H groups in total. The number of rotatable bonds is 3. The van der Waals surface area contributed by atoms with Crippen molar-refractivity contribution in [2.45, 2.75) is 25.3 Å². The van der Waals surface area contributed by atoms with Gasteiger partial charge in [-0.25, -0.2) is 0 Å². The zero-order valence-corrected chi connectivity index (χ0v) is 12.3. The molecule has 1 aromatic carbocycles. The van der Waals surface area contributed by atoms with Crippen molar-refractivity contribution in [1.82, 2.24) is 4.90 Å². The fourth-order valence-electron chi connectivity index (χ4n) is 2.35. The SMILES string of the molecule is O=C(/C=C/c1cccc(Br)c1)N1CCCCC1CO. The molecule has 0 saturated carbocycles. The van der Waals surface area contributed by atoms with Gasteiger partial charge in [-0.05, 0) is 43.0 Å². The van der Waals surface area contributed by atoms with E-state index in [0.29, 0.717) is 0 Å². The van der Waals surface area contributed by atoms with E-state index in [1.807, 2.05) is 30.3 Å². The zero-order chi connectivity index (χ0) is 13.7. The van der Waals surface area contributed by atoms with Crippen LogP contribution >= 0.6 is 15.9 Å². The lowest BCUT2D eigenvalue weighted by atomic mass is 10.0. The number of amides is 1. The first-order chi connectivity index (χ1) is 9.20. The van der Waals surface area contributed by atoms with Gasteiger partial charge in [0, 0.05) is 17.1 Å². The molecule has 0 bridgehead atoms. The van der Waals surface area contributed by atoms with E-state index in [-0.39, 0.29) is 18.6 Å². The maximum Gasteiger partial charge on any atom is 0.246 e. The third-order valence-corrected chi connectivity index (χ3v) is 3.88. The van der Waals surface area contributed by atoms with Gasteiger partial charge in [0.2, 0.25) is 5.91 Å². The van der Waals surface area contributed by atoms with Gasteiger partial charge in [-0.15, -0.1) is 0 Å². The van der Waals surface area contributed by atoms with Gasteiger partial charge in [0.25, 0.3) is 0 Å². The molecular weight excluding hydrogens is 306 g/mol. The number of benzene rings is 1. The number of carbonyl (C=O) groups excluding carboxylic acids is 1. The Kier molecular flexibility index (Phi) is 5.16. The fraction of sp³-hybridized carbons (Fsp3) is 0.400. The van der Waals surface area contributed by atoms with Gasteiger partial charge in [-0.2, -0.15) is 0 Å². The highest BCUT2D eigenvalue weighted by molar-refractivity contribution is 9.10. The second-order valence-corrected chi connectivity index (χ2v) is 5.67. The quantitative estimate of drug-likeness (QED) is 0.869. The highest BCUT2D eigenvalue weighted by Crippen LogP contribution is 2.18. The van der Waals surface area contributed by atoms with Crippen LogP contribution in [0.4, 0.5) is 0 Å². The molecule has 1 heterocycles. The fourth-order valence-corrected chi connectivity index (χ4v) is 2.77. The van der Waals surface area contributed by atoms with E-state index in [0.717, 1.165) is 35.8 Å². The van der Waals surface area contributed by atoms with E-state index in [1.54, 1.807) is 11.0 Å². The molecular formula is C15H18BrNO2. The molecule has 1 fully saturated rings. The van der Waals surface area contributed by atoms with Crippen molar-refractivity contribution < 1.29 is 9.90 Å². The van der Waals surface area contributed by atoms with Crippen molar-refractivity contribution in [3.05, 3.63) is 40.4 Å². The van der Waals surface area contributed by atoms with Crippen molar-refractivity contribution >= 4 is 27.9 Å². The molecule has 1 aliphatic rings. The molecule has 1 atom stereocenters. The lowest BCUT2D eigenvalue weighted by Crippen LogP contribution is -2.44. The van der Waals surface area contributed by atoms with Crippen LogP contribution in [0.3, 0.4) is 0 Å². The predicted molar refractivity (Wildman–Crippen MR) is 79.6 cm³/mol. The number of carbonyl (C=O) groups is 1. The van der Waals surface area contributed by atoms with Crippen LogP contribution in [0.25, 0.3) is 6.08 Å². The molecule has 1 unspecified atom stereocenters. The van der Waals surface area contributed by atoms with Gasteiger partial charge in [-0.3, -0.25) is 4.79 Å². The van der Waals surface area contributed by atoms with E-state index in [1.165, 1.54) is 0 Å². The van der Waals surface area contributed by atoms with Crippen LogP contribution in [0.15, 0.2) is 34.8 Å². The summed E-state index contributed by atoms with van der Waals surface area (Å²) in [5.41, 5.74) is 0.986. The lowest BCUT2D eigenvalue weighted by Gasteiger charge is -2.33. The summed E-state index contributed by atoms with van der Waals surface area (Å²) in [7, 11) is 0. The van der Waals surface area contributed by atoms with Gasteiger partial charge >= 0.3 is 0 Å². The Morgan fingerprint density at radius 1 is 1.47 bits per heavy atom. The first-order valence-electron chi connectivity index (χ1n) is 6.56. The van der Waals surface area contributed by atoms with Crippen LogP contribution in [0.5, 0.6) is 0 Å². The van der Waals surface area contributed by atoms with Crippen molar-refractivity contribution in [2.75, 3.05) is 13.2 Å². The van der Waals surface area contributed by atoms with Crippen LogP contribution in [0.1, 0.15) is 24.8 Å². The number of nitrogens with zero attached hydrogens (tertiary/aromatic N) is 1. The second kappa shape index (κ2) is 6.87. The van der Waals surface area contributed by atoms with Gasteiger partial charge < -0.3 is 10.0 Å². The van der Waals surface area contributed by atoms with E-state index in [4.69, 9.17) is 0 Å². The average molecular weight is 324 g/mol. The normalized spacial score (nSPS) is 19.9. The highest BCUT2D eigenvalue weighted by atomic mass is 79.9. The Morgan fingerprint density at radius 3 is 3.05 bits per heavy atom. The first-order valence-corrected chi connectivity index (χ1v) is 7.35. The molecule has 0 aliphatic carbocycles. The summed E-state index contributed by atoms with van der Waals surface area (Å²) in [5, 5.41) is 9.31. The molecule has 0 radical (unpaired) electrons. The molecule has 19 heavy (non-hydrogen) atoms. The maximum atomic E-state index is 12.1. The van der Waals surface area contributed by atoms with E-state index in [2.05, 4.69) is 15.9 Å². The molecule has 1 aromatic rings. The second-order valence-electron chi connectivity index (χ2n) is 4.75. The number of hydrogen-bond acceptors (Lipinski definition) is 2. The number of likely N-dealkylation sites (tertiary alicyclic amines) is 1. The Hall–Kier alpha value is -1.13. The smallest absolute Gasteiger partial charge is 0.246 e. The van der Waals surface area contributed by atoms with Crippen LogP contribution in [0, 0.1) is 0 Å². The maximum absolute atomic E-state index is 12.1. The molecule has 1 amide bonds. The largest absolute Gasteiger partial charge is 0.394 e. The van der Waals surface area contributed by atoms with Gasteiger partial charge in [-0.1, -0.05) is 28.1 Å². The third-order valence-electron chi connectivity index (χ3n) is 3.39. The zero-order valence-electron chi connectivity index (χ0n) is 10.8. The monoisotopic (exact) mass is 323 g/mol. The summed E-state index contributed by atoms with van der Waals surface area (Å²) in [5.74, 6) is -0.0151. The number of aliphatic hydroxyl groups is 1. The molecule has 3 nitrogen and oxygen atoms in total. The van der Waals surface area contributed by atoms with Gasteiger partial charge in [0.1, 0.15) is 0 Å². The van der Waals surface area contributed by atoms with Crippen molar-refractivity contribution in [3.63, 3.8) is 0 Å². The Labute approximate surface area is 122 Å². The summed E-state index contributed by atoms with van der Waals surface area (Å²) in [6.07, 6.45) is 6.41. The molecule has 4 heteroatoms. The van der Waals surface area contributed by atoms with Crippen LogP contribution in [-0.4, -0.2) is 35.1 Å². The topological polar surface area (TPSA) is 40.5 Å². The van der Waals surface area contributed by atoms with E-state index in [9.17, 15) is 9.90 Å². The molecule has 1 aliphatic heterocycles. The molecule has 102 valence electrons. The van der Waals surface area contributed by atoms with Gasteiger partial charge in [0.05, 0.1) is 12.6 Å². The van der Waals surface area contributed by atoms with Crippen molar-refractivity contribution in [2.24, 2.45) is 0 Å². The van der Waals surface area contributed by atoms with E-state index < -0.39 is 0 Å². The Balaban J connectivity index is 2.03. The number of halogens is 1. The molecule has 1 saturated heterocycles. The van der Waals surface area contributed by atoms with E-state index >= 15 is 0 Å². The van der Waals surface area contributed by atoms with Crippen LogP contribution in [0.2, 0.25) is 0 Å². The molecule has 0 aromatic heterocycles. The minimum atomic E-state index is -0.0200. The summed E-state index contributed by atoms with van der Waals surface area (Å²) in [6.45, 7) is 0.795. The standard InChI is InChI=1S/C15H18BrNO2/c16-13-5-3-4-12(10-13)7-8-15(19)17-9-2-1-6-14(17)11-18/h3-5,7-8,10,14,18H,1-2,6,9,11H2/b8-7+. The summed E-state index contributed by atoms with van der Waals surface area (Å²) >= 11 is 3.40. The number of aliphatic hydroxyl groups excluding tert-OH is 1. The number of hydrogen-bond donors (Lipinski definition) is 1. The van der Waals surface area contributed by atoms with Gasteiger partial charge in [0.15, 0.2) is 0 Å². The lowest BCUT2D eigenvalue weighted by molar-refractivity contribution is -0.130. The Bertz CT molecular complexity index is 473. The average Bonchev–Trinajstić information content (AvgIpc) is 2.45. The first kappa shape index (κ1) is 14.3. The summed E-state index contributed by atoms with van der Waals surface area (Å²) in [4.78, 5) is 13.9. The number of piperidine rings is 1. The predicted octanol–water partition coefficient (Wildman–Crippen LogP) is 2.84. The van der Waals surface area contributed by atoms with Crippen molar-refractivity contribution in [1.29, 1.82) is 0 Å². The Morgan fingerprint density at radius 2 is 2.32 bits per heavy atom. The minimum Gasteiger partial charge on any atom is -0.394 e. The summed E-state index contributed by atoms with van der Waals surface area (Å²) in [6, 6.07) is 7.78. The van der Waals surface area contributed by atoms with Crippen LogP contribution in [-0.2, 0) is 4.79 Å². The van der Waals surface area contributed by atoms with Crippen LogP contribution < -0.4 is 0 Å².